The summed E-state index contributed by atoms with van der Waals surface area (Å²) < 4.78 is 37.5. The lowest BCUT2D eigenvalue weighted by molar-refractivity contribution is -0.117. The maximum absolute atomic E-state index is 12.5. The number of rotatable bonds is 4. The SMILES string of the molecule is N=C(/C(=C\N)C(=O)NCc1ccc2c(N)nccc2c1)C(F)(F)F. The minimum atomic E-state index is -4.95. The second-order valence-corrected chi connectivity index (χ2v) is 4.89. The first-order chi connectivity index (χ1) is 11.2. The molecule has 0 aliphatic carbocycles. The zero-order valence-electron chi connectivity index (χ0n) is 12.3. The second kappa shape index (κ2) is 6.57. The van der Waals surface area contributed by atoms with Gasteiger partial charge in [0.2, 0.25) is 0 Å². The zero-order valence-corrected chi connectivity index (χ0v) is 12.3. The summed E-state index contributed by atoms with van der Waals surface area (Å²) in [5.41, 5.74) is 8.70. The van der Waals surface area contributed by atoms with E-state index in [1.54, 1.807) is 24.3 Å². The molecule has 1 aromatic heterocycles. The predicted octanol–water partition coefficient (Wildman–Crippen LogP) is 1.86. The van der Waals surface area contributed by atoms with Gasteiger partial charge in [-0.2, -0.15) is 13.2 Å². The Kier molecular flexibility index (Phi) is 4.72. The molecule has 0 saturated carbocycles. The van der Waals surface area contributed by atoms with Crippen LogP contribution in [0.5, 0.6) is 0 Å². The van der Waals surface area contributed by atoms with Crippen molar-refractivity contribution in [2.24, 2.45) is 5.73 Å². The summed E-state index contributed by atoms with van der Waals surface area (Å²) in [6.07, 6.45) is -2.95. The Hall–Kier alpha value is -3.10. The van der Waals surface area contributed by atoms with Gasteiger partial charge in [0.15, 0.2) is 0 Å². The molecule has 2 aromatic rings. The van der Waals surface area contributed by atoms with E-state index in [-0.39, 0.29) is 6.54 Å². The minimum Gasteiger partial charge on any atom is -0.404 e. The molecule has 126 valence electrons. The van der Waals surface area contributed by atoms with E-state index in [1.807, 2.05) is 0 Å². The third kappa shape index (κ3) is 3.62. The number of nitrogen functional groups attached to an aromatic ring is 1. The molecule has 0 atom stereocenters. The number of alkyl halides is 3. The summed E-state index contributed by atoms with van der Waals surface area (Å²) in [6.45, 7) is -0.0283. The smallest absolute Gasteiger partial charge is 0.404 e. The molecule has 6 nitrogen and oxygen atoms in total. The van der Waals surface area contributed by atoms with Crippen molar-refractivity contribution in [1.82, 2.24) is 10.3 Å². The summed E-state index contributed by atoms with van der Waals surface area (Å²) in [4.78, 5) is 15.8. The van der Waals surface area contributed by atoms with Crippen LogP contribution in [0.1, 0.15) is 5.56 Å². The highest BCUT2D eigenvalue weighted by Gasteiger charge is 2.38. The van der Waals surface area contributed by atoms with Gasteiger partial charge in [-0.1, -0.05) is 12.1 Å². The van der Waals surface area contributed by atoms with Crippen molar-refractivity contribution in [3.63, 3.8) is 0 Å². The topological polar surface area (TPSA) is 118 Å². The zero-order chi connectivity index (χ0) is 17.9. The molecule has 0 aliphatic heterocycles. The number of nitrogens with two attached hydrogens (primary N) is 2. The van der Waals surface area contributed by atoms with Gasteiger partial charge >= 0.3 is 6.18 Å². The van der Waals surface area contributed by atoms with E-state index >= 15 is 0 Å². The Morgan fingerprint density at radius 1 is 1.33 bits per heavy atom. The van der Waals surface area contributed by atoms with Crippen LogP contribution < -0.4 is 16.8 Å². The van der Waals surface area contributed by atoms with Crippen LogP contribution >= 0.6 is 0 Å². The third-order valence-corrected chi connectivity index (χ3v) is 3.28. The van der Waals surface area contributed by atoms with Crippen LogP contribution in [0.2, 0.25) is 0 Å². The van der Waals surface area contributed by atoms with Crippen LogP contribution in [-0.4, -0.2) is 22.8 Å². The number of amides is 1. The fourth-order valence-corrected chi connectivity index (χ4v) is 2.06. The highest BCUT2D eigenvalue weighted by Crippen LogP contribution is 2.22. The lowest BCUT2D eigenvalue weighted by atomic mass is 10.1. The maximum Gasteiger partial charge on any atom is 0.433 e. The first-order valence-corrected chi connectivity index (χ1v) is 6.73. The van der Waals surface area contributed by atoms with Gasteiger partial charge in [0, 0.05) is 24.3 Å². The van der Waals surface area contributed by atoms with Gasteiger partial charge in [0.05, 0.1) is 5.57 Å². The fourth-order valence-electron chi connectivity index (χ4n) is 2.06. The lowest BCUT2D eigenvalue weighted by Crippen LogP contribution is -2.34. The van der Waals surface area contributed by atoms with Crippen molar-refractivity contribution in [1.29, 1.82) is 5.41 Å². The second-order valence-electron chi connectivity index (χ2n) is 4.89. The number of hydrogen-bond donors (Lipinski definition) is 4. The normalized spacial score (nSPS) is 12.2. The molecule has 9 heteroatoms. The number of carbonyl (C=O) groups is 1. The number of halogens is 3. The molecule has 1 amide bonds. The first kappa shape index (κ1) is 17.3. The van der Waals surface area contributed by atoms with Crippen molar-refractivity contribution >= 4 is 28.2 Å². The molecule has 0 saturated heterocycles. The average Bonchev–Trinajstić information content (AvgIpc) is 2.52. The number of fused-ring (bicyclic) bond motifs is 1. The van der Waals surface area contributed by atoms with E-state index in [9.17, 15) is 18.0 Å². The van der Waals surface area contributed by atoms with Crippen molar-refractivity contribution in [2.75, 3.05) is 5.73 Å². The quantitative estimate of drug-likeness (QED) is 0.503. The van der Waals surface area contributed by atoms with Gasteiger partial charge in [-0.25, -0.2) is 4.98 Å². The minimum absolute atomic E-state index is 0.0283. The number of anilines is 1. The Morgan fingerprint density at radius 3 is 2.67 bits per heavy atom. The van der Waals surface area contributed by atoms with Crippen molar-refractivity contribution in [2.45, 2.75) is 12.7 Å². The highest BCUT2D eigenvalue weighted by molar-refractivity contribution is 6.22. The Bertz CT molecular complexity index is 829. The summed E-state index contributed by atoms with van der Waals surface area (Å²) in [5, 5.41) is 10.8. The monoisotopic (exact) mass is 337 g/mol. The van der Waals surface area contributed by atoms with Crippen LogP contribution in [0.3, 0.4) is 0 Å². The van der Waals surface area contributed by atoms with E-state index in [0.717, 1.165) is 10.8 Å². The van der Waals surface area contributed by atoms with Crippen LogP contribution in [-0.2, 0) is 11.3 Å². The number of nitrogens with zero attached hydrogens (tertiary/aromatic N) is 1. The third-order valence-electron chi connectivity index (χ3n) is 3.28. The standard InChI is InChI=1S/C15H14F3N5O/c16-15(17,18)12(20)11(6-19)14(24)23-7-8-1-2-10-9(5-8)3-4-22-13(10)21/h1-6,20H,7,19H2,(H2,21,22)(H,23,24)/b11-6+,20-12?. The molecule has 0 unspecified atom stereocenters. The van der Waals surface area contributed by atoms with Gasteiger partial charge in [-0.3, -0.25) is 10.2 Å². The van der Waals surface area contributed by atoms with Gasteiger partial charge in [-0.15, -0.1) is 0 Å². The molecule has 0 radical (unpaired) electrons. The number of carbonyl (C=O) groups excluding carboxylic acids is 1. The maximum atomic E-state index is 12.5. The number of pyridine rings is 1. The number of benzene rings is 1. The van der Waals surface area contributed by atoms with E-state index in [1.165, 1.54) is 6.20 Å². The molecule has 0 spiro atoms. The number of aromatic nitrogens is 1. The van der Waals surface area contributed by atoms with Crippen molar-refractivity contribution < 1.29 is 18.0 Å². The molecule has 1 aromatic carbocycles. The summed E-state index contributed by atoms with van der Waals surface area (Å²) in [5.74, 6) is -0.718. The van der Waals surface area contributed by atoms with Gasteiger partial charge in [0.1, 0.15) is 11.5 Å². The summed E-state index contributed by atoms with van der Waals surface area (Å²) in [7, 11) is 0. The molecule has 0 aliphatic rings. The summed E-state index contributed by atoms with van der Waals surface area (Å²) in [6, 6.07) is 6.83. The lowest BCUT2D eigenvalue weighted by Gasteiger charge is -2.12. The van der Waals surface area contributed by atoms with E-state index in [2.05, 4.69) is 10.3 Å². The Balaban J connectivity index is 2.13. The summed E-state index contributed by atoms with van der Waals surface area (Å²) >= 11 is 0. The van der Waals surface area contributed by atoms with E-state index in [0.29, 0.717) is 17.6 Å². The van der Waals surface area contributed by atoms with Crippen molar-refractivity contribution in [3.8, 4) is 0 Å². The Morgan fingerprint density at radius 2 is 2.04 bits per heavy atom. The molecule has 2 rings (SSSR count). The predicted molar refractivity (Wildman–Crippen MR) is 84.1 cm³/mol. The molecule has 6 N–H and O–H groups in total. The highest BCUT2D eigenvalue weighted by atomic mass is 19.4. The van der Waals surface area contributed by atoms with Crippen LogP contribution in [0, 0.1) is 5.41 Å². The molecule has 0 bridgehead atoms. The number of nitrogens with one attached hydrogen (secondary N) is 2. The van der Waals surface area contributed by atoms with Gasteiger partial charge < -0.3 is 16.8 Å². The average molecular weight is 337 g/mol. The molecule has 1 heterocycles. The fraction of sp³-hybridized carbons (Fsp3) is 0.133. The molecular formula is C15H14F3N5O. The molecule has 0 fully saturated rings. The van der Waals surface area contributed by atoms with E-state index < -0.39 is 23.4 Å². The van der Waals surface area contributed by atoms with Crippen LogP contribution in [0.25, 0.3) is 10.8 Å². The molecular weight excluding hydrogens is 323 g/mol. The molecule has 24 heavy (non-hydrogen) atoms. The Labute approximate surface area is 134 Å². The van der Waals surface area contributed by atoms with E-state index in [4.69, 9.17) is 16.9 Å². The van der Waals surface area contributed by atoms with Crippen LogP contribution in [0.15, 0.2) is 42.2 Å². The first-order valence-electron chi connectivity index (χ1n) is 6.73. The van der Waals surface area contributed by atoms with Gasteiger partial charge in [-0.05, 0) is 23.1 Å². The largest absolute Gasteiger partial charge is 0.433 e. The van der Waals surface area contributed by atoms with Crippen LogP contribution in [0.4, 0.5) is 19.0 Å². The van der Waals surface area contributed by atoms with Gasteiger partial charge in [0.25, 0.3) is 5.91 Å². The number of hydrogen-bond acceptors (Lipinski definition) is 5. The van der Waals surface area contributed by atoms with Crippen molar-refractivity contribution in [3.05, 3.63) is 47.8 Å².